The van der Waals surface area contributed by atoms with Gasteiger partial charge in [0.1, 0.15) is 12.1 Å². The average Bonchev–Trinajstić information content (AvgIpc) is 2.59. The SMILES string of the molecule is CC(O)C(NC(=O)C(CO)NC(=O)C(CO)NC(=O)C(N)CC(N)=O)C(=O)O. The van der Waals surface area contributed by atoms with Crippen LogP contribution in [0.3, 0.4) is 0 Å². The van der Waals surface area contributed by atoms with Crippen LogP contribution in [0.15, 0.2) is 0 Å². The fraction of sp³-hybridized carbons (Fsp3) is 0.643. The maximum Gasteiger partial charge on any atom is 0.328 e. The second-order valence-corrected chi connectivity index (χ2v) is 5.83. The van der Waals surface area contributed by atoms with E-state index in [4.69, 9.17) is 16.6 Å². The lowest BCUT2D eigenvalue weighted by atomic mass is 10.1. The number of rotatable bonds is 12. The van der Waals surface area contributed by atoms with Crippen molar-refractivity contribution in [3.05, 3.63) is 0 Å². The number of nitrogens with one attached hydrogen (secondary N) is 3. The molecule has 28 heavy (non-hydrogen) atoms. The fourth-order valence-corrected chi connectivity index (χ4v) is 1.89. The molecule has 0 saturated carbocycles. The van der Waals surface area contributed by atoms with E-state index >= 15 is 0 Å². The molecule has 0 radical (unpaired) electrons. The lowest BCUT2D eigenvalue weighted by Gasteiger charge is -2.24. The zero-order chi connectivity index (χ0) is 22.0. The van der Waals surface area contributed by atoms with Crippen LogP contribution in [0.5, 0.6) is 0 Å². The molecule has 0 bridgehead atoms. The molecule has 0 aliphatic rings. The molecule has 0 fully saturated rings. The van der Waals surface area contributed by atoms with Gasteiger partial charge in [0.05, 0.1) is 31.8 Å². The molecule has 4 amide bonds. The summed E-state index contributed by atoms with van der Waals surface area (Å²) in [5.41, 5.74) is 10.3. The first-order valence-corrected chi connectivity index (χ1v) is 8.02. The van der Waals surface area contributed by atoms with Crippen LogP contribution in [0.2, 0.25) is 0 Å². The first-order valence-electron chi connectivity index (χ1n) is 8.02. The second kappa shape index (κ2) is 11.8. The van der Waals surface area contributed by atoms with Gasteiger partial charge in [-0.15, -0.1) is 0 Å². The molecule has 14 nitrogen and oxygen atoms in total. The first kappa shape index (κ1) is 25.2. The predicted octanol–water partition coefficient (Wildman–Crippen LogP) is -5.91. The number of primary amides is 1. The van der Waals surface area contributed by atoms with E-state index < -0.39 is 79.5 Å². The van der Waals surface area contributed by atoms with Crippen molar-refractivity contribution in [1.29, 1.82) is 0 Å². The number of aliphatic carboxylic acids is 1. The predicted molar refractivity (Wildman–Crippen MR) is 91.1 cm³/mol. The summed E-state index contributed by atoms with van der Waals surface area (Å²) in [7, 11) is 0. The van der Waals surface area contributed by atoms with Gasteiger partial charge >= 0.3 is 5.97 Å². The van der Waals surface area contributed by atoms with E-state index in [9.17, 15) is 39.3 Å². The van der Waals surface area contributed by atoms with Gasteiger partial charge in [0, 0.05) is 0 Å². The molecule has 14 heteroatoms. The number of aliphatic hydroxyl groups is 3. The largest absolute Gasteiger partial charge is 0.480 e. The maximum absolute atomic E-state index is 12.1. The van der Waals surface area contributed by atoms with Crippen LogP contribution in [0.1, 0.15) is 13.3 Å². The van der Waals surface area contributed by atoms with Crippen molar-refractivity contribution in [1.82, 2.24) is 16.0 Å². The molecule has 0 heterocycles. The number of carboxylic acids is 1. The number of amides is 4. The molecule has 0 spiro atoms. The number of carbonyl (C=O) groups excluding carboxylic acids is 4. The molecular weight excluding hydrogens is 382 g/mol. The fourth-order valence-electron chi connectivity index (χ4n) is 1.89. The van der Waals surface area contributed by atoms with Crippen LogP contribution in [-0.2, 0) is 24.0 Å². The minimum absolute atomic E-state index is 0.511. The number of carboxylic acid groups (broad SMARTS) is 1. The van der Waals surface area contributed by atoms with E-state index in [1.165, 1.54) is 0 Å². The molecule has 0 rings (SSSR count). The van der Waals surface area contributed by atoms with Gasteiger partial charge < -0.3 is 47.8 Å². The topological polar surface area (TPSA) is 254 Å². The minimum Gasteiger partial charge on any atom is -0.480 e. The van der Waals surface area contributed by atoms with Crippen LogP contribution in [-0.4, -0.2) is 93.5 Å². The summed E-state index contributed by atoms with van der Waals surface area (Å²) in [4.78, 5) is 57.6. The van der Waals surface area contributed by atoms with Gasteiger partial charge in [-0.2, -0.15) is 0 Å². The Morgan fingerprint density at radius 2 is 1.32 bits per heavy atom. The van der Waals surface area contributed by atoms with Gasteiger partial charge in [0.2, 0.25) is 23.6 Å². The van der Waals surface area contributed by atoms with E-state index in [0.29, 0.717) is 0 Å². The maximum atomic E-state index is 12.1. The van der Waals surface area contributed by atoms with Crippen molar-refractivity contribution in [2.75, 3.05) is 13.2 Å². The van der Waals surface area contributed by atoms with Gasteiger partial charge in [-0.1, -0.05) is 0 Å². The zero-order valence-electron chi connectivity index (χ0n) is 15.0. The highest BCUT2D eigenvalue weighted by atomic mass is 16.4. The van der Waals surface area contributed by atoms with E-state index in [1.54, 1.807) is 0 Å². The zero-order valence-corrected chi connectivity index (χ0v) is 15.0. The van der Waals surface area contributed by atoms with E-state index in [2.05, 4.69) is 0 Å². The Morgan fingerprint density at radius 3 is 1.68 bits per heavy atom. The van der Waals surface area contributed by atoms with Gasteiger partial charge in [0.15, 0.2) is 6.04 Å². The van der Waals surface area contributed by atoms with E-state index in [1.807, 2.05) is 16.0 Å². The van der Waals surface area contributed by atoms with Crippen LogP contribution >= 0.6 is 0 Å². The van der Waals surface area contributed by atoms with Gasteiger partial charge in [-0.05, 0) is 6.92 Å². The molecule has 11 N–H and O–H groups in total. The second-order valence-electron chi connectivity index (χ2n) is 5.83. The van der Waals surface area contributed by atoms with Crippen LogP contribution in [0, 0.1) is 0 Å². The lowest BCUT2D eigenvalue weighted by Crippen LogP contribution is -2.60. The lowest BCUT2D eigenvalue weighted by molar-refractivity contribution is -0.145. The van der Waals surface area contributed by atoms with Gasteiger partial charge in [0.25, 0.3) is 0 Å². The quantitative estimate of drug-likeness (QED) is 0.148. The Balaban J connectivity index is 4.99. The van der Waals surface area contributed by atoms with Crippen molar-refractivity contribution in [2.24, 2.45) is 11.5 Å². The van der Waals surface area contributed by atoms with Crippen LogP contribution in [0.4, 0.5) is 0 Å². The van der Waals surface area contributed by atoms with Crippen LogP contribution in [0.25, 0.3) is 0 Å². The van der Waals surface area contributed by atoms with Crippen molar-refractivity contribution in [3.63, 3.8) is 0 Å². The number of nitrogens with two attached hydrogens (primary N) is 2. The molecular formula is C14H25N5O9. The summed E-state index contributed by atoms with van der Waals surface area (Å²) in [5.74, 6) is -5.61. The third kappa shape index (κ3) is 8.26. The van der Waals surface area contributed by atoms with Crippen molar-refractivity contribution in [2.45, 2.75) is 43.6 Å². The Labute approximate surface area is 159 Å². The van der Waals surface area contributed by atoms with Crippen molar-refractivity contribution >= 4 is 29.6 Å². The molecule has 0 aromatic carbocycles. The summed E-state index contributed by atoms with van der Waals surface area (Å²) in [6, 6.07) is -6.30. The standard InChI is InChI=1S/C14H25N5O9/c1-5(22)10(14(27)28)19-13(26)8(4-21)18-12(25)7(3-20)17-11(24)6(15)2-9(16)23/h5-8,10,20-22H,2-4,15H2,1H3,(H2,16,23)(H,17,24)(H,18,25)(H,19,26)(H,27,28). The number of carbonyl (C=O) groups is 5. The number of hydrogen-bond donors (Lipinski definition) is 9. The molecule has 0 aliphatic carbocycles. The molecule has 5 unspecified atom stereocenters. The summed E-state index contributed by atoms with van der Waals surface area (Å²) < 4.78 is 0. The Morgan fingerprint density at radius 1 is 0.893 bits per heavy atom. The summed E-state index contributed by atoms with van der Waals surface area (Å²) >= 11 is 0. The molecule has 0 aromatic rings. The molecule has 0 saturated heterocycles. The Bertz CT molecular complexity index is 598. The first-order chi connectivity index (χ1) is 12.9. The summed E-state index contributed by atoms with van der Waals surface area (Å²) in [6.45, 7) is -0.749. The Hall–Kier alpha value is -2.81. The van der Waals surface area contributed by atoms with Crippen LogP contribution < -0.4 is 27.4 Å². The smallest absolute Gasteiger partial charge is 0.328 e. The monoisotopic (exact) mass is 407 g/mol. The third-order valence-electron chi connectivity index (χ3n) is 3.44. The minimum atomic E-state index is -1.70. The summed E-state index contributed by atoms with van der Waals surface area (Å²) in [5, 5.41) is 42.7. The highest BCUT2D eigenvalue weighted by molar-refractivity contribution is 5.95. The normalized spacial score (nSPS) is 16.0. The Kier molecular flexibility index (Phi) is 10.6. The highest BCUT2D eigenvalue weighted by Gasteiger charge is 2.31. The summed E-state index contributed by atoms with van der Waals surface area (Å²) in [6.07, 6.45) is -1.98. The molecule has 160 valence electrons. The molecule has 5 atom stereocenters. The van der Waals surface area contributed by atoms with Gasteiger partial charge in [-0.25, -0.2) is 4.79 Å². The van der Waals surface area contributed by atoms with E-state index in [-0.39, 0.29) is 0 Å². The van der Waals surface area contributed by atoms with Crippen molar-refractivity contribution < 1.29 is 44.4 Å². The molecule has 0 aliphatic heterocycles. The number of aliphatic hydroxyl groups excluding tert-OH is 3. The van der Waals surface area contributed by atoms with Crippen molar-refractivity contribution in [3.8, 4) is 0 Å². The van der Waals surface area contributed by atoms with E-state index in [0.717, 1.165) is 6.92 Å². The highest BCUT2D eigenvalue weighted by Crippen LogP contribution is 1.97. The van der Waals surface area contributed by atoms with Gasteiger partial charge in [-0.3, -0.25) is 19.2 Å². The molecule has 0 aromatic heterocycles. The number of hydrogen-bond acceptors (Lipinski definition) is 9. The average molecular weight is 407 g/mol. The third-order valence-corrected chi connectivity index (χ3v) is 3.44.